The zero-order valence-electron chi connectivity index (χ0n) is 16.3. The quantitative estimate of drug-likeness (QED) is 0.785. The molecule has 2 amide bonds. The van der Waals surface area contributed by atoms with Crippen LogP contribution in [0, 0.1) is 0 Å². The molecule has 8 heteroatoms. The first-order valence-corrected chi connectivity index (χ1v) is 10.7. The highest BCUT2D eigenvalue weighted by Crippen LogP contribution is 2.29. The van der Waals surface area contributed by atoms with E-state index in [2.05, 4.69) is 15.1 Å². The maximum Gasteiger partial charge on any atom is 0.241 e. The number of anilines is 1. The molecule has 2 aliphatic rings. The first-order chi connectivity index (χ1) is 13.5. The molecule has 0 aliphatic carbocycles. The van der Waals surface area contributed by atoms with E-state index in [4.69, 9.17) is 23.2 Å². The summed E-state index contributed by atoms with van der Waals surface area (Å²) in [5, 5.41) is 3.63. The van der Waals surface area contributed by atoms with E-state index in [0.717, 1.165) is 52.1 Å². The molecule has 2 heterocycles. The monoisotopic (exact) mass is 426 g/mol. The zero-order chi connectivity index (χ0) is 20.1. The molecular formula is C20H28Cl2N4O2. The smallest absolute Gasteiger partial charge is 0.241 e. The highest BCUT2D eigenvalue weighted by molar-refractivity contribution is 6.44. The van der Waals surface area contributed by atoms with Crippen LogP contribution in [0.1, 0.15) is 26.2 Å². The lowest BCUT2D eigenvalue weighted by molar-refractivity contribution is -0.134. The predicted molar refractivity (Wildman–Crippen MR) is 113 cm³/mol. The van der Waals surface area contributed by atoms with Crippen LogP contribution in [-0.2, 0) is 9.59 Å². The summed E-state index contributed by atoms with van der Waals surface area (Å²) in [7, 11) is 0. The number of carbonyl (C=O) groups is 2. The minimum Gasteiger partial charge on any atom is -0.342 e. The molecule has 0 unspecified atom stereocenters. The Morgan fingerprint density at radius 2 is 1.71 bits per heavy atom. The topological polar surface area (TPSA) is 55.9 Å². The first-order valence-electron chi connectivity index (χ1n) is 9.95. The van der Waals surface area contributed by atoms with Gasteiger partial charge in [0.2, 0.25) is 11.8 Å². The lowest BCUT2D eigenvalue weighted by atomic mass is 10.1. The van der Waals surface area contributed by atoms with Crippen molar-refractivity contribution in [3.8, 4) is 0 Å². The summed E-state index contributed by atoms with van der Waals surface area (Å²) >= 11 is 12.2. The van der Waals surface area contributed by atoms with Gasteiger partial charge in [-0.25, -0.2) is 0 Å². The maximum absolute atomic E-state index is 12.6. The standard InChI is InChI=1S/C20H28Cl2N4O2/c1-15(20(28)23-17-7-5-6-16(21)19(17)22)25-12-10-24(11-13-25)14-18(27)26-8-3-2-4-9-26/h5-7,15H,2-4,8-14H2,1H3,(H,23,28)/t15-/m0/s1. The Morgan fingerprint density at radius 1 is 1.04 bits per heavy atom. The van der Waals surface area contributed by atoms with E-state index < -0.39 is 0 Å². The van der Waals surface area contributed by atoms with Crippen LogP contribution in [0.15, 0.2) is 18.2 Å². The van der Waals surface area contributed by atoms with Gasteiger partial charge in [-0.2, -0.15) is 0 Å². The molecule has 1 aromatic carbocycles. The van der Waals surface area contributed by atoms with Gasteiger partial charge in [0.05, 0.1) is 28.3 Å². The molecule has 0 spiro atoms. The van der Waals surface area contributed by atoms with E-state index in [-0.39, 0.29) is 17.9 Å². The molecule has 6 nitrogen and oxygen atoms in total. The van der Waals surface area contributed by atoms with Gasteiger partial charge in [-0.3, -0.25) is 19.4 Å². The van der Waals surface area contributed by atoms with Crippen LogP contribution < -0.4 is 5.32 Å². The minimum absolute atomic E-state index is 0.109. The van der Waals surface area contributed by atoms with Crippen molar-refractivity contribution < 1.29 is 9.59 Å². The fourth-order valence-corrected chi connectivity index (χ4v) is 4.09. The maximum atomic E-state index is 12.6. The summed E-state index contributed by atoms with van der Waals surface area (Å²) in [6.07, 6.45) is 3.45. The number of piperidine rings is 1. The highest BCUT2D eigenvalue weighted by atomic mass is 35.5. The van der Waals surface area contributed by atoms with Gasteiger partial charge in [0.1, 0.15) is 0 Å². The number of hydrogen-bond acceptors (Lipinski definition) is 4. The Hall–Kier alpha value is -1.34. The second-order valence-corrected chi connectivity index (χ2v) is 8.31. The van der Waals surface area contributed by atoms with Crippen molar-refractivity contribution in [1.29, 1.82) is 0 Å². The van der Waals surface area contributed by atoms with E-state index in [1.165, 1.54) is 6.42 Å². The Balaban J connectivity index is 1.46. The van der Waals surface area contributed by atoms with Crippen LogP contribution in [0.3, 0.4) is 0 Å². The number of rotatable bonds is 5. The highest BCUT2D eigenvalue weighted by Gasteiger charge is 2.28. The Labute approximate surface area is 176 Å². The summed E-state index contributed by atoms with van der Waals surface area (Å²) in [6.45, 7) is 7.24. The molecule has 1 N–H and O–H groups in total. The molecule has 2 saturated heterocycles. The number of benzene rings is 1. The number of halogens is 2. The van der Waals surface area contributed by atoms with Gasteiger partial charge in [-0.1, -0.05) is 29.3 Å². The van der Waals surface area contributed by atoms with Crippen LogP contribution >= 0.6 is 23.2 Å². The van der Waals surface area contributed by atoms with Crippen molar-refractivity contribution in [1.82, 2.24) is 14.7 Å². The summed E-state index contributed by atoms with van der Waals surface area (Å²) in [5.74, 6) is 0.122. The molecule has 0 bridgehead atoms. The largest absolute Gasteiger partial charge is 0.342 e. The molecule has 0 radical (unpaired) electrons. The zero-order valence-corrected chi connectivity index (χ0v) is 17.8. The third-order valence-corrected chi connectivity index (χ3v) is 6.43. The second kappa shape index (κ2) is 9.92. The third-order valence-electron chi connectivity index (χ3n) is 5.61. The van der Waals surface area contributed by atoms with Crippen molar-refractivity contribution in [3.05, 3.63) is 28.2 Å². The fourth-order valence-electron chi connectivity index (χ4n) is 3.75. The molecule has 154 valence electrons. The van der Waals surface area contributed by atoms with E-state index in [1.54, 1.807) is 18.2 Å². The van der Waals surface area contributed by atoms with Gasteiger partial charge in [0.15, 0.2) is 0 Å². The molecule has 1 atom stereocenters. The van der Waals surface area contributed by atoms with E-state index in [9.17, 15) is 9.59 Å². The van der Waals surface area contributed by atoms with E-state index >= 15 is 0 Å². The average molecular weight is 427 g/mol. The number of nitrogens with zero attached hydrogens (tertiary/aromatic N) is 3. The Morgan fingerprint density at radius 3 is 2.39 bits per heavy atom. The number of amides is 2. The van der Waals surface area contributed by atoms with Crippen LogP contribution in [0.25, 0.3) is 0 Å². The van der Waals surface area contributed by atoms with Crippen molar-refractivity contribution in [2.75, 3.05) is 51.1 Å². The van der Waals surface area contributed by atoms with Gasteiger partial charge in [-0.05, 0) is 38.3 Å². The molecule has 28 heavy (non-hydrogen) atoms. The number of likely N-dealkylation sites (tertiary alicyclic amines) is 1. The van der Waals surface area contributed by atoms with Crippen LogP contribution in [0.5, 0.6) is 0 Å². The van der Waals surface area contributed by atoms with Crippen LogP contribution in [0.2, 0.25) is 10.0 Å². The lowest BCUT2D eigenvalue weighted by Gasteiger charge is -2.38. The van der Waals surface area contributed by atoms with Gasteiger partial charge in [-0.15, -0.1) is 0 Å². The molecular weight excluding hydrogens is 399 g/mol. The summed E-state index contributed by atoms with van der Waals surface area (Å²) in [6, 6.07) is 4.90. The Bertz CT molecular complexity index is 701. The SMILES string of the molecule is C[C@@H](C(=O)Nc1cccc(Cl)c1Cl)N1CCN(CC(=O)N2CCCCC2)CC1. The number of hydrogen-bond donors (Lipinski definition) is 1. The molecule has 0 aromatic heterocycles. The van der Waals surface area contributed by atoms with E-state index in [1.807, 2.05) is 11.8 Å². The third kappa shape index (κ3) is 5.38. The number of nitrogens with one attached hydrogen (secondary N) is 1. The summed E-state index contributed by atoms with van der Waals surface area (Å²) in [5.41, 5.74) is 0.525. The number of carbonyl (C=O) groups excluding carboxylic acids is 2. The molecule has 3 rings (SSSR count). The normalized spacial score (nSPS) is 20.0. The predicted octanol–water partition coefficient (Wildman–Crippen LogP) is 2.95. The molecule has 0 saturated carbocycles. The van der Waals surface area contributed by atoms with Crippen LogP contribution in [-0.4, -0.2) is 78.4 Å². The second-order valence-electron chi connectivity index (χ2n) is 7.52. The number of piperazine rings is 1. The molecule has 2 aliphatic heterocycles. The fraction of sp³-hybridized carbons (Fsp3) is 0.600. The van der Waals surface area contributed by atoms with Crippen molar-refractivity contribution in [2.45, 2.75) is 32.2 Å². The summed E-state index contributed by atoms with van der Waals surface area (Å²) in [4.78, 5) is 31.4. The van der Waals surface area contributed by atoms with Crippen molar-refractivity contribution in [2.24, 2.45) is 0 Å². The Kier molecular flexibility index (Phi) is 7.57. The average Bonchev–Trinajstić information content (AvgIpc) is 2.72. The van der Waals surface area contributed by atoms with E-state index in [0.29, 0.717) is 22.3 Å². The lowest BCUT2D eigenvalue weighted by Crippen LogP contribution is -2.54. The first kappa shape index (κ1) is 21.4. The molecule has 2 fully saturated rings. The van der Waals surface area contributed by atoms with Gasteiger partial charge in [0.25, 0.3) is 0 Å². The van der Waals surface area contributed by atoms with Gasteiger partial charge in [0, 0.05) is 39.3 Å². The van der Waals surface area contributed by atoms with Crippen molar-refractivity contribution >= 4 is 40.7 Å². The molecule has 1 aromatic rings. The van der Waals surface area contributed by atoms with Gasteiger partial charge >= 0.3 is 0 Å². The minimum atomic E-state index is -0.282. The van der Waals surface area contributed by atoms with Crippen LogP contribution in [0.4, 0.5) is 5.69 Å². The van der Waals surface area contributed by atoms with Gasteiger partial charge < -0.3 is 10.2 Å². The van der Waals surface area contributed by atoms with Crippen molar-refractivity contribution in [3.63, 3.8) is 0 Å². The summed E-state index contributed by atoms with van der Waals surface area (Å²) < 4.78 is 0.